The number of aryl methyl sites for hydroxylation is 2. The van der Waals surface area contributed by atoms with Crippen LogP contribution in [0.15, 0.2) is 18.2 Å². The van der Waals surface area contributed by atoms with Crippen molar-refractivity contribution in [3.8, 4) is 5.75 Å². The van der Waals surface area contributed by atoms with Crippen LogP contribution in [-0.2, 0) is 0 Å². The number of rotatable bonds is 5. The molecule has 1 aromatic carbocycles. The maximum Gasteiger partial charge on any atom is 0.122 e. The van der Waals surface area contributed by atoms with E-state index in [1.807, 2.05) is 7.05 Å². The summed E-state index contributed by atoms with van der Waals surface area (Å²) in [5, 5.41) is 3.23. The highest BCUT2D eigenvalue weighted by Gasteiger charge is 2.09. The molecule has 16 heavy (non-hydrogen) atoms. The molecule has 1 N–H and O–H groups in total. The monoisotopic (exact) mass is 221 g/mol. The van der Waals surface area contributed by atoms with Gasteiger partial charge in [0.15, 0.2) is 0 Å². The SMILES string of the molecule is CNC(C)CC(C)Oc1cc(C)ccc1C. The normalized spacial score (nSPS) is 14.6. The molecule has 0 aliphatic rings. The summed E-state index contributed by atoms with van der Waals surface area (Å²) in [4.78, 5) is 0. The second-order valence-electron chi connectivity index (χ2n) is 4.62. The van der Waals surface area contributed by atoms with Gasteiger partial charge >= 0.3 is 0 Å². The Labute approximate surface area is 99.0 Å². The van der Waals surface area contributed by atoms with Gasteiger partial charge in [-0.05, 0) is 58.4 Å². The van der Waals surface area contributed by atoms with Gasteiger partial charge in [0.2, 0.25) is 0 Å². The molecule has 1 rings (SSSR count). The molecular weight excluding hydrogens is 198 g/mol. The Kier molecular flexibility index (Phi) is 4.81. The molecule has 0 amide bonds. The average Bonchev–Trinajstić information content (AvgIpc) is 2.23. The Morgan fingerprint density at radius 2 is 1.94 bits per heavy atom. The smallest absolute Gasteiger partial charge is 0.122 e. The van der Waals surface area contributed by atoms with E-state index >= 15 is 0 Å². The van der Waals surface area contributed by atoms with Gasteiger partial charge in [0.1, 0.15) is 5.75 Å². The van der Waals surface area contributed by atoms with Crippen LogP contribution in [0.5, 0.6) is 5.75 Å². The molecule has 0 fully saturated rings. The third kappa shape index (κ3) is 3.86. The maximum absolute atomic E-state index is 5.96. The molecule has 0 saturated carbocycles. The van der Waals surface area contributed by atoms with Gasteiger partial charge in [-0.3, -0.25) is 0 Å². The molecule has 0 aliphatic carbocycles. The van der Waals surface area contributed by atoms with E-state index in [0.717, 1.165) is 12.2 Å². The van der Waals surface area contributed by atoms with Crippen LogP contribution in [0.3, 0.4) is 0 Å². The first-order valence-electron chi connectivity index (χ1n) is 5.94. The van der Waals surface area contributed by atoms with Gasteiger partial charge in [-0.2, -0.15) is 0 Å². The molecule has 0 aromatic heterocycles. The van der Waals surface area contributed by atoms with Crippen LogP contribution >= 0.6 is 0 Å². The molecule has 0 bridgehead atoms. The van der Waals surface area contributed by atoms with Gasteiger partial charge in [-0.25, -0.2) is 0 Å². The summed E-state index contributed by atoms with van der Waals surface area (Å²) in [5.41, 5.74) is 2.45. The Hall–Kier alpha value is -1.02. The lowest BCUT2D eigenvalue weighted by Crippen LogP contribution is -2.28. The Morgan fingerprint density at radius 3 is 2.56 bits per heavy atom. The van der Waals surface area contributed by atoms with Crippen molar-refractivity contribution < 1.29 is 4.74 Å². The molecule has 2 heteroatoms. The highest BCUT2D eigenvalue weighted by Crippen LogP contribution is 2.21. The Balaban J connectivity index is 2.61. The molecule has 0 radical (unpaired) electrons. The summed E-state index contributed by atoms with van der Waals surface area (Å²) in [6.45, 7) is 8.47. The van der Waals surface area contributed by atoms with E-state index in [-0.39, 0.29) is 6.10 Å². The summed E-state index contributed by atoms with van der Waals surface area (Å²) in [6, 6.07) is 6.82. The number of benzene rings is 1. The maximum atomic E-state index is 5.96. The minimum absolute atomic E-state index is 0.239. The van der Waals surface area contributed by atoms with Gasteiger partial charge in [-0.1, -0.05) is 12.1 Å². The quantitative estimate of drug-likeness (QED) is 0.825. The summed E-state index contributed by atoms with van der Waals surface area (Å²) in [5.74, 6) is 1.01. The topological polar surface area (TPSA) is 21.3 Å². The largest absolute Gasteiger partial charge is 0.490 e. The van der Waals surface area contributed by atoms with E-state index in [4.69, 9.17) is 4.74 Å². The van der Waals surface area contributed by atoms with E-state index in [0.29, 0.717) is 6.04 Å². The van der Waals surface area contributed by atoms with Crippen LogP contribution < -0.4 is 10.1 Å². The first-order chi connectivity index (χ1) is 7.52. The molecule has 2 unspecified atom stereocenters. The second-order valence-corrected chi connectivity index (χ2v) is 4.62. The van der Waals surface area contributed by atoms with Crippen molar-refractivity contribution in [1.29, 1.82) is 0 Å². The van der Waals surface area contributed by atoms with Gasteiger partial charge < -0.3 is 10.1 Å². The fourth-order valence-corrected chi connectivity index (χ4v) is 1.71. The highest BCUT2D eigenvalue weighted by atomic mass is 16.5. The lowest BCUT2D eigenvalue weighted by molar-refractivity contribution is 0.196. The van der Waals surface area contributed by atoms with Crippen molar-refractivity contribution in [2.45, 2.75) is 46.3 Å². The molecule has 0 heterocycles. The predicted octanol–water partition coefficient (Wildman–Crippen LogP) is 3.07. The van der Waals surface area contributed by atoms with E-state index < -0.39 is 0 Å². The summed E-state index contributed by atoms with van der Waals surface area (Å²) >= 11 is 0. The van der Waals surface area contributed by atoms with Crippen LogP contribution in [0.2, 0.25) is 0 Å². The lowest BCUT2D eigenvalue weighted by atomic mass is 10.1. The lowest BCUT2D eigenvalue weighted by Gasteiger charge is -2.20. The zero-order valence-corrected chi connectivity index (χ0v) is 11.0. The number of hydrogen-bond donors (Lipinski definition) is 1. The molecular formula is C14H23NO. The first-order valence-corrected chi connectivity index (χ1v) is 5.94. The summed E-state index contributed by atoms with van der Waals surface area (Å²) in [6.07, 6.45) is 1.26. The molecule has 1 aromatic rings. The fourth-order valence-electron chi connectivity index (χ4n) is 1.71. The number of nitrogens with one attached hydrogen (secondary N) is 1. The molecule has 90 valence electrons. The van der Waals surface area contributed by atoms with Crippen molar-refractivity contribution in [3.63, 3.8) is 0 Å². The van der Waals surface area contributed by atoms with Crippen molar-refractivity contribution in [2.24, 2.45) is 0 Å². The number of hydrogen-bond acceptors (Lipinski definition) is 2. The van der Waals surface area contributed by atoms with Gasteiger partial charge in [-0.15, -0.1) is 0 Å². The van der Waals surface area contributed by atoms with Crippen LogP contribution in [0.4, 0.5) is 0 Å². The average molecular weight is 221 g/mol. The molecule has 0 saturated heterocycles. The zero-order chi connectivity index (χ0) is 12.1. The molecule has 2 atom stereocenters. The standard InChI is InChI=1S/C14H23NO/c1-10-6-7-11(2)14(8-10)16-13(4)9-12(3)15-5/h6-8,12-13,15H,9H2,1-5H3. The van der Waals surface area contributed by atoms with Gasteiger partial charge in [0.05, 0.1) is 6.10 Å². The molecule has 0 aliphatic heterocycles. The van der Waals surface area contributed by atoms with Crippen LogP contribution in [0.1, 0.15) is 31.4 Å². The summed E-state index contributed by atoms with van der Waals surface area (Å²) < 4.78 is 5.96. The third-order valence-corrected chi connectivity index (χ3v) is 2.85. The molecule has 0 spiro atoms. The fraction of sp³-hybridized carbons (Fsp3) is 0.571. The van der Waals surface area contributed by atoms with Crippen LogP contribution in [-0.4, -0.2) is 19.2 Å². The Bertz CT molecular complexity index is 336. The van der Waals surface area contributed by atoms with Crippen molar-refractivity contribution >= 4 is 0 Å². The summed E-state index contributed by atoms with van der Waals surface area (Å²) in [7, 11) is 1.98. The van der Waals surface area contributed by atoms with Crippen molar-refractivity contribution in [3.05, 3.63) is 29.3 Å². The van der Waals surface area contributed by atoms with Gasteiger partial charge in [0.25, 0.3) is 0 Å². The zero-order valence-electron chi connectivity index (χ0n) is 11.0. The third-order valence-electron chi connectivity index (χ3n) is 2.85. The van der Waals surface area contributed by atoms with Crippen molar-refractivity contribution in [2.75, 3.05) is 7.05 Å². The second kappa shape index (κ2) is 5.90. The Morgan fingerprint density at radius 1 is 1.25 bits per heavy atom. The van der Waals surface area contributed by atoms with E-state index in [1.165, 1.54) is 11.1 Å². The van der Waals surface area contributed by atoms with Crippen LogP contribution in [0, 0.1) is 13.8 Å². The number of ether oxygens (including phenoxy) is 1. The predicted molar refractivity (Wildman–Crippen MR) is 69.1 cm³/mol. The minimum Gasteiger partial charge on any atom is -0.490 e. The van der Waals surface area contributed by atoms with Gasteiger partial charge in [0, 0.05) is 6.04 Å². The van der Waals surface area contributed by atoms with E-state index in [1.54, 1.807) is 0 Å². The van der Waals surface area contributed by atoms with E-state index in [2.05, 4.69) is 51.2 Å². The first kappa shape index (κ1) is 13.0. The van der Waals surface area contributed by atoms with Crippen molar-refractivity contribution in [1.82, 2.24) is 5.32 Å². The minimum atomic E-state index is 0.239. The highest BCUT2D eigenvalue weighted by molar-refractivity contribution is 5.36. The van der Waals surface area contributed by atoms with E-state index in [9.17, 15) is 0 Å². The molecule has 2 nitrogen and oxygen atoms in total. The van der Waals surface area contributed by atoms with Crippen LogP contribution in [0.25, 0.3) is 0 Å².